The van der Waals surface area contributed by atoms with E-state index in [0.29, 0.717) is 10.8 Å². The van der Waals surface area contributed by atoms with E-state index in [1.54, 1.807) is 0 Å². The van der Waals surface area contributed by atoms with E-state index in [4.69, 9.17) is 21.4 Å². The number of carboxylic acids is 1. The summed E-state index contributed by atoms with van der Waals surface area (Å²) >= 11 is 6.61. The number of aliphatic carboxylic acids is 1. The number of nitrogens with zero attached hydrogens (tertiary/aromatic N) is 1. The van der Waals surface area contributed by atoms with Crippen molar-refractivity contribution >= 4 is 23.6 Å². The molecule has 2 fully saturated rings. The van der Waals surface area contributed by atoms with Crippen molar-refractivity contribution in [1.82, 2.24) is 10.2 Å². The molecule has 2 N–H and O–H groups in total. The molecule has 0 saturated heterocycles. The van der Waals surface area contributed by atoms with Gasteiger partial charge in [-0.2, -0.15) is 0 Å². The zero-order chi connectivity index (χ0) is 21.1. The minimum atomic E-state index is -0.915. The summed E-state index contributed by atoms with van der Waals surface area (Å²) in [5.74, 6) is -0.211. The third-order valence-corrected chi connectivity index (χ3v) is 6.82. The molecule has 0 radical (unpaired) electrons. The summed E-state index contributed by atoms with van der Waals surface area (Å²) in [4.78, 5) is 25.2. The summed E-state index contributed by atoms with van der Waals surface area (Å²) in [6.45, 7) is 0.162. The highest BCUT2D eigenvalue weighted by atomic mass is 35.5. The van der Waals surface area contributed by atoms with Crippen LogP contribution in [0.3, 0.4) is 0 Å². The summed E-state index contributed by atoms with van der Waals surface area (Å²) in [7, 11) is 0. The number of nitrogens with one attached hydrogen (secondary N) is 1. The maximum absolute atomic E-state index is 12.8. The Morgan fingerprint density at radius 1 is 1.23 bits per heavy atom. The van der Waals surface area contributed by atoms with Crippen LogP contribution >= 0.6 is 11.6 Å². The number of hydrogen-bond donors (Lipinski definition) is 2. The molecule has 0 bridgehead atoms. The molecule has 1 atom stereocenters. The van der Waals surface area contributed by atoms with Gasteiger partial charge in [0.05, 0.1) is 23.1 Å². The first-order chi connectivity index (χ1) is 14.5. The van der Waals surface area contributed by atoms with Gasteiger partial charge in [0.2, 0.25) is 0 Å². The molecule has 0 aromatic heterocycles. The molecule has 1 unspecified atom stereocenters. The minimum absolute atomic E-state index is 0.0801. The average Bonchev–Trinajstić information content (AvgIpc) is 2.74. The molecule has 1 heterocycles. The van der Waals surface area contributed by atoms with Crippen LogP contribution in [0.4, 0.5) is 4.79 Å². The van der Waals surface area contributed by atoms with Crippen molar-refractivity contribution in [3.05, 3.63) is 40.6 Å². The lowest BCUT2D eigenvalue weighted by atomic mass is 9.72. The maximum atomic E-state index is 12.8. The molecule has 0 spiro atoms. The highest BCUT2D eigenvalue weighted by molar-refractivity contribution is 6.32. The fourth-order valence-corrected chi connectivity index (χ4v) is 5.13. The summed E-state index contributed by atoms with van der Waals surface area (Å²) < 4.78 is 6.16. The Labute approximate surface area is 182 Å². The van der Waals surface area contributed by atoms with Crippen molar-refractivity contribution in [2.75, 3.05) is 6.54 Å². The van der Waals surface area contributed by atoms with E-state index in [1.165, 1.54) is 24.2 Å². The second-order valence-corrected chi connectivity index (χ2v) is 8.96. The van der Waals surface area contributed by atoms with E-state index in [1.807, 2.05) is 24.4 Å². The van der Waals surface area contributed by atoms with Gasteiger partial charge in [0.25, 0.3) is 0 Å². The molecule has 6 nitrogen and oxygen atoms in total. The van der Waals surface area contributed by atoms with E-state index in [2.05, 4.69) is 5.32 Å². The quantitative estimate of drug-likeness (QED) is 0.647. The maximum Gasteiger partial charge on any atom is 0.322 e. The number of halogens is 1. The van der Waals surface area contributed by atoms with E-state index < -0.39 is 11.5 Å². The average molecular weight is 433 g/mol. The molecule has 1 aliphatic heterocycles. The Kier molecular flexibility index (Phi) is 6.23. The van der Waals surface area contributed by atoms with Crippen LogP contribution in [0.25, 0.3) is 0 Å². The number of urea groups is 1. The van der Waals surface area contributed by atoms with E-state index in [-0.39, 0.29) is 25.1 Å². The topological polar surface area (TPSA) is 78.9 Å². The van der Waals surface area contributed by atoms with Gasteiger partial charge in [-0.15, -0.1) is 0 Å². The smallest absolute Gasteiger partial charge is 0.322 e. The van der Waals surface area contributed by atoms with Gasteiger partial charge in [0.15, 0.2) is 0 Å². The van der Waals surface area contributed by atoms with Crippen molar-refractivity contribution in [2.45, 2.75) is 75.9 Å². The Morgan fingerprint density at radius 3 is 2.77 bits per heavy atom. The van der Waals surface area contributed by atoms with Crippen molar-refractivity contribution < 1.29 is 19.4 Å². The standard InChI is InChI=1S/C23H29ClN2O4/c24-19-14-16(9-10-20(19)30-18-7-2-1-3-8-18)23-12-5-4-6-17(23)15-26(22(29)25-23)13-11-21(27)28/h9-10,14-15,18H,1-8,11-13H2,(H,25,29)(H,27,28). The van der Waals surface area contributed by atoms with E-state index in [0.717, 1.165) is 49.7 Å². The van der Waals surface area contributed by atoms with Crippen LogP contribution in [-0.4, -0.2) is 34.7 Å². The number of carbonyl (C=O) groups is 2. The monoisotopic (exact) mass is 432 g/mol. The third kappa shape index (κ3) is 4.29. The highest BCUT2D eigenvalue weighted by Crippen LogP contribution is 2.45. The fraction of sp³-hybridized carbons (Fsp3) is 0.565. The number of benzene rings is 1. The Balaban J connectivity index is 1.59. The van der Waals surface area contributed by atoms with Crippen molar-refractivity contribution in [1.29, 1.82) is 0 Å². The molecule has 30 heavy (non-hydrogen) atoms. The van der Waals surface area contributed by atoms with Crippen LogP contribution in [0.1, 0.15) is 69.8 Å². The fourth-order valence-electron chi connectivity index (χ4n) is 4.91. The van der Waals surface area contributed by atoms with Crippen molar-refractivity contribution in [3.8, 4) is 5.75 Å². The Bertz CT molecular complexity index is 850. The van der Waals surface area contributed by atoms with Gasteiger partial charge >= 0.3 is 12.0 Å². The van der Waals surface area contributed by atoms with Gasteiger partial charge in [0, 0.05) is 12.7 Å². The molecule has 2 amide bonds. The highest BCUT2D eigenvalue weighted by Gasteiger charge is 2.43. The van der Waals surface area contributed by atoms with Crippen molar-refractivity contribution in [3.63, 3.8) is 0 Å². The summed E-state index contributed by atoms with van der Waals surface area (Å²) in [6.07, 6.45) is 11.5. The molecule has 2 aliphatic carbocycles. The zero-order valence-corrected chi connectivity index (χ0v) is 17.9. The van der Waals surface area contributed by atoms with Crippen LogP contribution in [0.15, 0.2) is 30.0 Å². The van der Waals surface area contributed by atoms with Crippen LogP contribution in [0.5, 0.6) is 5.75 Å². The zero-order valence-electron chi connectivity index (χ0n) is 17.2. The second kappa shape index (κ2) is 8.88. The van der Waals surface area contributed by atoms with Crippen LogP contribution in [0, 0.1) is 0 Å². The lowest BCUT2D eigenvalue weighted by molar-refractivity contribution is -0.137. The van der Waals surface area contributed by atoms with Gasteiger partial charge in [-0.25, -0.2) is 4.79 Å². The third-order valence-electron chi connectivity index (χ3n) is 6.53. The molecule has 162 valence electrons. The molecule has 2 saturated carbocycles. The van der Waals surface area contributed by atoms with E-state index >= 15 is 0 Å². The second-order valence-electron chi connectivity index (χ2n) is 8.56. The van der Waals surface area contributed by atoms with Crippen molar-refractivity contribution in [2.24, 2.45) is 0 Å². The predicted molar refractivity (Wildman–Crippen MR) is 115 cm³/mol. The number of carbonyl (C=O) groups excluding carboxylic acids is 1. The first kappa shape index (κ1) is 21.0. The molecular weight excluding hydrogens is 404 g/mol. The summed E-state index contributed by atoms with van der Waals surface area (Å²) in [5.41, 5.74) is 1.48. The van der Waals surface area contributed by atoms with Gasteiger partial charge < -0.3 is 20.1 Å². The lowest BCUT2D eigenvalue weighted by Crippen LogP contribution is -2.56. The van der Waals surface area contributed by atoms with Crippen LogP contribution < -0.4 is 10.1 Å². The molecular formula is C23H29ClN2O4. The SMILES string of the molecule is O=C(O)CCN1C=C2CCCCC2(c2ccc(OC3CCCCC3)c(Cl)c2)NC1=O. The number of rotatable bonds is 6. The number of amides is 2. The number of ether oxygens (including phenoxy) is 1. The largest absolute Gasteiger partial charge is 0.489 e. The minimum Gasteiger partial charge on any atom is -0.489 e. The molecule has 1 aromatic rings. The van der Waals surface area contributed by atoms with E-state index in [9.17, 15) is 9.59 Å². The molecule has 1 aromatic carbocycles. The van der Waals surface area contributed by atoms with Crippen LogP contribution in [0.2, 0.25) is 5.02 Å². The van der Waals surface area contributed by atoms with Crippen LogP contribution in [-0.2, 0) is 10.3 Å². The Morgan fingerprint density at radius 2 is 2.03 bits per heavy atom. The molecule has 7 heteroatoms. The summed E-state index contributed by atoms with van der Waals surface area (Å²) in [5, 5.41) is 12.7. The molecule has 3 aliphatic rings. The Hall–Kier alpha value is -2.21. The first-order valence-corrected chi connectivity index (χ1v) is 11.3. The molecule has 4 rings (SSSR count). The number of hydrogen-bond acceptors (Lipinski definition) is 3. The predicted octanol–water partition coefficient (Wildman–Crippen LogP) is 5.20. The first-order valence-electron chi connectivity index (χ1n) is 11.0. The van der Waals surface area contributed by atoms with Gasteiger partial charge in [-0.1, -0.05) is 30.5 Å². The van der Waals surface area contributed by atoms with Gasteiger partial charge in [0.1, 0.15) is 5.75 Å². The number of fused-ring (bicyclic) bond motifs is 1. The normalized spacial score (nSPS) is 24.6. The van der Waals surface area contributed by atoms with Gasteiger partial charge in [-0.05, 0) is 68.2 Å². The number of carboxylic acid groups (broad SMARTS) is 1. The van der Waals surface area contributed by atoms with Gasteiger partial charge in [-0.3, -0.25) is 4.79 Å². The lowest BCUT2D eigenvalue weighted by Gasteiger charge is -2.45. The summed E-state index contributed by atoms with van der Waals surface area (Å²) in [6, 6.07) is 5.60.